The van der Waals surface area contributed by atoms with Gasteiger partial charge in [0.25, 0.3) is 0 Å². The molecule has 1 aliphatic rings. The van der Waals surface area contributed by atoms with Gasteiger partial charge in [0.1, 0.15) is 5.82 Å². The lowest BCUT2D eigenvalue weighted by molar-refractivity contribution is -0.141. The van der Waals surface area contributed by atoms with Crippen LogP contribution < -0.4 is 5.32 Å². The first kappa shape index (κ1) is 18.4. The van der Waals surface area contributed by atoms with Crippen LogP contribution in [0.15, 0.2) is 24.3 Å². The summed E-state index contributed by atoms with van der Waals surface area (Å²) in [6.07, 6.45) is 1.46. The lowest BCUT2D eigenvalue weighted by Crippen LogP contribution is -2.46. The molecule has 0 aromatic heterocycles. The number of nitrogens with one attached hydrogen (secondary N) is 1. The van der Waals surface area contributed by atoms with Crippen molar-refractivity contribution in [3.8, 4) is 0 Å². The van der Waals surface area contributed by atoms with Gasteiger partial charge in [-0.15, -0.1) is 0 Å². The number of piperidine rings is 1. The Morgan fingerprint density at radius 2 is 2.17 bits per heavy atom. The van der Waals surface area contributed by atoms with E-state index in [9.17, 15) is 14.0 Å². The molecule has 0 spiro atoms. The first-order valence-electron chi connectivity index (χ1n) is 8.41. The van der Waals surface area contributed by atoms with Gasteiger partial charge in [-0.3, -0.25) is 9.59 Å². The van der Waals surface area contributed by atoms with Crippen LogP contribution in [-0.4, -0.2) is 43.5 Å². The number of rotatable bonds is 7. The molecule has 24 heavy (non-hydrogen) atoms. The van der Waals surface area contributed by atoms with E-state index < -0.39 is 17.8 Å². The summed E-state index contributed by atoms with van der Waals surface area (Å²) in [5.41, 5.74) is 0.391. The molecule has 0 bridgehead atoms. The van der Waals surface area contributed by atoms with Gasteiger partial charge in [0.05, 0.1) is 12.0 Å². The summed E-state index contributed by atoms with van der Waals surface area (Å²) in [6.45, 7) is 3.68. The molecule has 2 amide bonds. The van der Waals surface area contributed by atoms with Gasteiger partial charge in [0.2, 0.25) is 11.8 Å². The molecule has 1 saturated heterocycles. The highest BCUT2D eigenvalue weighted by Crippen LogP contribution is 2.36. The van der Waals surface area contributed by atoms with Crippen molar-refractivity contribution in [2.24, 2.45) is 5.92 Å². The van der Waals surface area contributed by atoms with E-state index >= 15 is 0 Å². The van der Waals surface area contributed by atoms with Crippen molar-refractivity contribution >= 4 is 11.8 Å². The molecule has 132 valence electrons. The molecule has 1 aromatic carbocycles. The second-order valence-electron chi connectivity index (χ2n) is 5.96. The third-order valence-corrected chi connectivity index (χ3v) is 4.39. The summed E-state index contributed by atoms with van der Waals surface area (Å²) in [4.78, 5) is 26.1. The number of carbonyl (C=O) groups is 2. The predicted molar refractivity (Wildman–Crippen MR) is 88.8 cm³/mol. The number of ether oxygens (including phenoxy) is 1. The Bertz CT molecular complexity index is 579. The van der Waals surface area contributed by atoms with E-state index in [-0.39, 0.29) is 11.8 Å². The summed E-state index contributed by atoms with van der Waals surface area (Å²) in [7, 11) is 1.63. The maximum absolute atomic E-state index is 14.2. The Morgan fingerprint density at radius 1 is 1.42 bits per heavy atom. The van der Waals surface area contributed by atoms with E-state index in [0.29, 0.717) is 38.2 Å². The Morgan fingerprint density at radius 3 is 2.88 bits per heavy atom. The highest BCUT2D eigenvalue weighted by molar-refractivity contribution is 5.84. The molecular formula is C18H25FN2O3. The fourth-order valence-electron chi connectivity index (χ4n) is 3.11. The average molecular weight is 336 g/mol. The third kappa shape index (κ3) is 4.32. The molecule has 1 aliphatic heterocycles. The fourth-order valence-corrected chi connectivity index (χ4v) is 3.11. The Labute approximate surface area is 142 Å². The third-order valence-electron chi connectivity index (χ3n) is 4.39. The topological polar surface area (TPSA) is 58.6 Å². The fraction of sp³-hybridized carbons (Fsp3) is 0.556. The highest BCUT2D eigenvalue weighted by Gasteiger charge is 2.39. The SMILES string of the molecule is CCOCCCNC(=O)C1CCC(=O)N(C)C1c1ccccc1F. The number of halogens is 1. The number of hydrogen-bond donors (Lipinski definition) is 1. The summed E-state index contributed by atoms with van der Waals surface area (Å²) in [5.74, 6) is -1.04. The highest BCUT2D eigenvalue weighted by atomic mass is 19.1. The van der Waals surface area contributed by atoms with Crippen LogP contribution in [0, 0.1) is 11.7 Å². The second kappa shape index (κ2) is 8.78. The van der Waals surface area contributed by atoms with Crippen LogP contribution in [0.1, 0.15) is 37.8 Å². The first-order chi connectivity index (χ1) is 11.6. The van der Waals surface area contributed by atoms with Crippen molar-refractivity contribution in [1.29, 1.82) is 0 Å². The van der Waals surface area contributed by atoms with Crippen LogP contribution in [0.5, 0.6) is 0 Å². The van der Waals surface area contributed by atoms with Crippen LogP contribution in [0.4, 0.5) is 4.39 Å². The molecule has 0 radical (unpaired) electrons. The van der Waals surface area contributed by atoms with Crippen LogP contribution in [0.2, 0.25) is 0 Å². The number of benzene rings is 1. The molecule has 1 heterocycles. The minimum Gasteiger partial charge on any atom is -0.382 e. The van der Waals surface area contributed by atoms with Gasteiger partial charge < -0.3 is 15.0 Å². The number of carbonyl (C=O) groups excluding carboxylic acids is 2. The molecule has 1 aromatic rings. The van der Waals surface area contributed by atoms with Crippen LogP contribution in [0.3, 0.4) is 0 Å². The minimum absolute atomic E-state index is 0.0661. The second-order valence-corrected chi connectivity index (χ2v) is 5.96. The van der Waals surface area contributed by atoms with Crippen LogP contribution in [0.25, 0.3) is 0 Å². The quantitative estimate of drug-likeness (QED) is 0.777. The van der Waals surface area contributed by atoms with E-state index in [1.807, 2.05) is 6.92 Å². The van der Waals surface area contributed by atoms with E-state index in [0.717, 1.165) is 6.42 Å². The molecule has 0 aliphatic carbocycles. The van der Waals surface area contributed by atoms with Crippen molar-refractivity contribution in [2.75, 3.05) is 26.8 Å². The zero-order chi connectivity index (χ0) is 17.5. The van der Waals surface area contributed by atoms with Crippen LogP contribution in [-0.2, 0) is 14.3 Å². The van der Waals surface area contributed by atoms with Gasteiger partial charge in [-0.25, -0.2) is 4.39 Å². The summed E-state index contributed by atoms with van der Waals surface area (Å²) in [5, 5.41) is 2.89. The summed E-state index contributed by atoms with van der Waals surface area (Å²) < 4.78 is 19.5. The van der Waals surface area contributed by atoms with E-state index in [1.165, 1.54) is 11.0 Å². The van der Waals surface area contributed by atoms with Gasteiger partial charge in [0.15, 0.2) is 0 Å². The largest absolute Gasteiger partial charge is 0.382 e. The van der Waals surface area contributed by atoms with E-state index in [2.05, 4.69) is 5.32 Å². The summed E-state index contributed by atoms with van der Waals surface area (Å²) >= 11 is 0. The zero-order valence-corrected chi connectivity index (χ0v) is 14.3. The molecule has 2 rings (SSSR count). The lowest BCUT2D eigenvalue weighted by Gasteiger charge is -2.38. The van der Waals surface area contributed by atoms with Crippen molar-refractivity contribution in [3.63, 3.8) is 0 Å². The van der Waals surface area contributed by atoms with Gasteiger partial charge in [-0.2, -0.15) is 0 Å². The number of nitrogens with zero attached hydrogens (tertiary/aromatic N) is 1. The normalized spacial score (nSPS) is 21.0. The molecule has 2 unspecified atom stereocenters. The van der Waals surface area contributed by atoms with E-state index in [1.54, 1.807) is 25.2 Å². The van der Waals surface area contributed by atoms with Crippen molar-refractivity contribution in [1.82, 2.24) is 10.2 Å². The van der Waals surface area contributed by atoms with Gasteiger partial charge in [-0.1, -0.05) is 18.2 Å². The number of amides is 2. The molecule has 1 N–H and O–H groups in total. The molecule has 1 fully saturated rings. The summed E-state index contributed by atoms with van der Waals surface area (Å²) in [6, 6.07) is 5.76. The smallest absolute Gasteiger partial charge is 0.225 e. The van der Waals surface area contributed by atoms with Gasteiger partial charge in [-0.05, 0) is 25.8 Å². The van der Waals surface area contributed by atoms with Gasteiger partial charge >= 0.3 is 0 Å². The first-order valence-corrected chi connectivity index (χ1v) is 8.41. The number of likely N-dealkylation sites (tertiary alicyclic amines) is 1. The zero-order valence-electron chi connectivity index (χ0n) is 14.3. The monoisotopic (exact) mass is 336 g/mol. The molecule has 5 nitrogen and oxygen atoms in total. The Kier molecular flexibility index (Phi) is 6.73. The standard InChI is InChI=1S/C18H25FN2O3/c1-3-24-12-6-11-20-18(23)14-9-10-16(22)21(2)17(14)13-7-4-5-8-15(13)19/h4-5,7-8,14,17H,3,6,9-12H2,1-2H3,(H,20,23). The number of hydrogen-bond acceptors (Lipinski definition) is 3. The van der Waals surface area contributed by atoms with Crippen LogP contribution >= 0.6 is 0 Å². The molecular weight excluding hydrogens is 311 g/mol. The van der Waals surface area contributed by atoms with Crippen molar-refractivity contribution in [3.05, 3.63) is 35.6 Å². The van der Waals surface area contributed by atoms with Crippen molar-refractivity contribution < 1.29 is 18.7 Å². The average Bonchev–Trinajstić information content (AvgIpc) is 2.57. The molecule has 6 heteroatoms. The maximum atomic E-state index is 14.2. The minimum atomic E-state index is -0.570. The predicted octanol–water partition coefficient (Wildman–Crippen LogP) is 2.28. The Hall–Kier alpha value is -1.95. The molecule has 0 saturated carbocycles. The maximum Gasteiger partial charge on any atom is 0.225 e. The molecule has 2 atom stereocenters. The van der Waals surface area contributed by atoms with Crippen molar-refractivity contribution in [2.45, 2.75) is 32.2 Å². The Balaban J connectivity index is 2.09. The van der Waals surface area contributed by atoms with Gasteiger partial charge in [0, 0.05) is 38.8 Å². The van der Waals surface area contributed by atoms with E-state index in [4.69, 9.17) is 4.74 Å². The lowest BCUT2D eigenvalue weighted by atomic mass is 9.83.